The minimum atomic E-state index is -0.423. The molecule has 4 aromatic rings. The summed E-state index contributed by atoms with van der Waals surface area (Å²) in [7, 11) is 0. The monoisotopic (exact) mass is 440 g/mol. The molecule has 33 heavy (non-hydrogen) atoms. The van der Waals surface area contributed by atoms with E-state index in [1.165, 1.54) is 17.2 Å². The van der Waals surface area contributed by atoms with E-state index in [1.54, 1.807) is 16.8 Å². The first-order valence-corrected chi connectivity index (χ1v) is 11.5. The molecular weight excluding hydrogens is 415 g/mol. The van der Waals surface area contributed by atoms with Gasteiger partial charge in [-0.05, 0) is 79.1 Å². The lowest BCUT2D eigenvalue weighted by molar-refractivity contribution is 0.0678. The van der Waals surface area contributed by atoms with Crippen LogP contribution in [0.3, 0.4) is 0 Å². The molecule has 6 heteroatoms. The van der Waals surface area contributed by atoms with E-state index < -0.39 is 5.82 Å². The van der Waals surface area contributed by atoms with Crippen LogP contribution in [0, 0.1) is 5.82 Å². The third-order valence-corrected chi connectivity index (χ3v) is 6.98. The number of aromatic nitrogens is 2. The van der Waals surface area contributed by atoms with Gasteiger partial charge in [-0.15, -0.1) is 0 Å². The van der Waals surface area contributed by atoms with E-state index in [-0.39, 0.29) is 11.9 Å². The zero-order valence-electron chi connectivity index (χ0n) is 18.5. The van der Waals surface area contributed by atoms with Crippen molar-refractivity contribution in [2.75, 3.05) is 12.3 Å². The van der Waals surface area contributed by atoms with Crippen molar-refractivity contribution in [3.63, 3.8) is 0 Å². The molecule has 1 saturated carbocycles. The van der Waals surface area contributed by atoms with Crippen LogP contribution in [0.5, 0.6) is 0 Å². The van der Waals surface area contributed by atoms with E-state index in [4.69, 9.17) is 10.8 Å². The maximum Gasteiger partial charge on any atom is 0.254 e. The number of hydrogen-bond acceptors (Lipinski definition) is 3. The summed E-state index contributed by atoms with van der Waals surface area (Å²) in [5.41, 5.74) is 11.5. The van der Waals surface area contributed by atoms with E-state index in [1.807, 2.05) is 29.3 Å². The fourth-order valence-corrected chi connectivity index (χ4v) is 5.04. The molecule has 1 aliphatic carbocycles. The first-order valence-electron chi connectivity index (χ1n) is 11.5. The standard InChI is InChI=1S/C27H25FN4O/c1-16-22-5-3-2-4-17(22)10-11-31(16)27(33)19-12-20-15-32(25-9-8-21(29)14-24(25)28)30-26(20)23(13-19)18-6-7-18/h2-5,8-9,12-16,18H,6-7,10-11,29H2,1H3. The van der Waals surface area contributed by atoms with Crippen molar-refractivity contribution >= 4 is 22.5 Å². The van der Waals surface area contributed by atoms with Crippen LogP contribution in [0.4, 0.5) is 10.1 Å². The number of carbonyl (C=O) groups is 1. The van der Waals surface area contributed by atoms with Gasteiger partial charge in [0.15, 0.2) is 5.82 Å². The van der Waals surface area contributed by atoms with Crippen molar-refractivity contribution in [1.29, 1.82) is 0 Å². The second kappa shape index (κ2) is 7.44. The van der Waals surface area contributed by atoms with E-state index in [9.17, 15) is 9.18 Å². The molecule has 1 atom stereocenters. The number of amides is 1. The van der Waals surface area contributed by atoms with Gasteiger partial charge in [-0.1, -0.05) is 24.3 Å². The maximum atomic E-state index is 14.5. The predicted octanol–water partition coefficient (Wildman–Crippen LogP) is 5.38. The summed E-state index contributed by atoms with van der Waals surface area (Å²) in [6.07, 6.45) is 4.84. The summed E-state index contributed by atoms with van der Waals surface area (Å²) >= 11 is 0. The number of anilines is 1. The Balaban J connectivity index is 1.41. The highest BCUT2D eigenvalue weighted by Gasteiger charge is 2.31. The molecule has 0 radical (unpaired) electrons. The molecule has 1 amide bonds. The lowest BCUT2D eigenvalue weighted by Gasteiger charge is -2.35. The second-order valence-electron chi connectivity index (χ2n) is 9.19. The number of nitrogen functional groups attached to an aromatic ring is 1. The van der Waals surface area contributed by atoms with E-state index in [0.29, 0.717) is 29.4 Å². The first kappa shape index (κ1) is 20.0. The van der Waals surface area contributed by atoms with Crippen molar-refractivity contribution < 1.29 is 9.18 Å². The predicted molar refractivity (Wildman–Crippen MR) is 127 cm³/mol. The number of halogens is 1. The van der Waals surface area contributed by atoms with Gasteiger partial charge in [-0.25, -0.2) is 9.07 Å². The van der Waals surface area contributed by atoms with Gasteiger partial charge in [-0.3, -0.25) is 4.79 Å². The SMILES string of the molecule is CC1c2ccccc2CCN1C(=O)c1cc(C2CC2)c2nn(-c3ccc(N)cc3F)cc2c1. The Morgan fingerprint density at radius 2 is 1.91 bits per heavy atom. The zero-order chi connectivity index (χ0) is 22.7. The van der Waals surface area contributed by atoms with Crippen LogP contribution in [-0.2, 0) is 6.42 Å². The molecule has 1 unspecified atom stereocenters. The smallest absolute Gasteiger partial charge is 0.254 e. The minimum Gasteiger partial charge on any atom is -0.399 e. The highest BCUT2D eigenvalue weighted by atomic mass is 19.1. The topological polar surface area (TPSA) is 64.2 Å². The highest BCUT2D eigenvalue weighted by molar-refractivity contribution is 5.99. The number of carbonyl (C=O) groups excluding carboxylic acids is 1. The van der Waals surface area contributed by atoms with Crippen molar-refractivity contribution in [3.05, 3.63) is 88.9 Å². The number of benzene rings is 3. The molecule has 2 heterocycles. The van der Waals surface area contributed by atoms with Gasteiger partial charge in [0.05, 0.1) is 11.6 Å². The van der Waals surface area contributed by atoms with E-state index >= 15 is 0 Å². The molecule has 0 bridgehead atoms. The summed E-state index contributed by atoms with van der Waals surface area (Å²) in [5, 5.41) is 5.55. The lowest BCUT2D eigenvalue weighted by atomic mass is 9.92. The van der Waals surface area contributed by atoms with Gasteiger partial charge < -0.3 is 10.6 Å². The Morgan fingerprint density at radius 1 is 1.09 bits per heavy atom. The molecule has 5 nitrogen and oxygen atoms in total. The Hall–Kier alpha value is -3.67. The number of fused-ring (bicyclic) bond motifs is 2. The summed E-state index contributed by atoms with van der Waals surface area (Å²) in [6, 6.07) is 16.9. The third-order valence-electron chi connectivity index (χ3n) is 6.98. The van der Waals surface area contributed by atoms with Crippen LogP contribution >= 0.6 is 0 Å². The van der Waals surface area contributed by atoms with Gasteiger partial charge >= 0.3 is 0 Å². The van der Waals surface area contributed by atoms with Crippen molar-refractivity contribution in [3.8, 4) is 5.69 Å². The van der Waals surface area contributed by atoms with Crippen molar-refractivity contribution in [2.24, 2.45) is 0 Å². The maximum absolute atomic E-state index is 14.5. The number of rotatable bonds is 3. The first-order chi connectivity index (χ1) is 16.0. The Labute approximate surface area is 191 Å². The highest BCUT2D eigenvalue weighted by Crippen LogP contribution is 2.44. The minimum absolute atomic E-state index is 0.0223. The molecule has 2 N–H and O–H groups in total. The van der Waals surface area contributed by atoms with Crippen LogP contribution in [0.2, 0.25) is 0 Å². The van der Waals surface area contributed by atoms with Gasteiger partial charge in [-0.2, -0.15) is 5.10 Å². The van der Waals surface area contributed by atoms with Crippen LogP contribution in [0.1, 0.15) is 58.8 Å². The molecule has 3 aromatic carbocycles. The molecule has 166 valence electrons. The Morgan fingerprint density at radius 3 is 2.70 bits per heavy atom. The number of nitrogens with two attached hydrogens (primary N) is 1. The normalized spacial score (nSPS) is 17.9. The average molecular weight is 441 g/mol. The number of hydrogen-bond donors (Lipinski definition) is 1. The van der Waals surface area contributed by atoms with Crippen LogP contribution in [0.25, 0.3) is 16.6 Å². The average Bonchev–Trinajstić information content (AvgIpc) is 3.57. The molecule has 0 saturated heterocycles. The van der Waals surface area contributed by atoms with Crippen molar-refractivity contribution in [2.45, 2.75) is 38.1 Å². The summed E-state index contributed by atoms with van der Waals surface area (Å²) < 4.78 is 16.1. The third kappa shape index (κ3) is 3.37. The van der Waals surface area contributed by atoms with Gasteiger partial charge in [0.25, 0.3) is 5.91 Å². The van der Waals surface area contributed by atoms with Crippen LogP contribution < -0.4 is 5.73 Å². The fraction of sp³-hybridized carbons (Fsp3) is 0.259. The second-order valence-corrected chi connectivity index (χ2v) is 9.19. The molecular formula is C27H25FN4O. The zero-order valence-corrected chi connectivity index (χ0v) is 18.5. The molecule has 1 fully saturated rings. The van der Waals surface area contributed by atoms with Gasteiger partial charge in [0.2, 0.25) is 0 Å². The van der Waals surface area contributed by atoms with E-state index in [2.05, 4.69) is 25.1 Å². The van der Waals surface area contributed by atoms with Gasteiger partial charge in [0, 0.05) is 29.4 Å². The summed E-state index contributed by atoms with van der Waals surface area (Å²) in [4.78, 5) is 15.6. The van der Waals surface area contributed by atoms with Crippen molar-refractivity contribution in [1.82, 2.24) is 14.7 Å². The molecule has 1 aromatic heterocycles. The van der Waals surface area contributed by atoms with Crippen LogP contribution in [-0.4, -0.2) is 27.1 Å². The quantitative estimate of drug-likeness (QED) is 0.435. The molecule has 1 aliphatic heterocycles. The number of nitrogens with zero attached hydrogens (tertiary/aromatic N) is 3. The summed E-state index contributed by atoms with van der Waals surface area (Å²) in [5.74, 6) is 0.0134. The Kier molecular flexibility index (Phi) is 4.50. The van der Waals surface area contributed by atoms with Crippen LogP contribution in [0.15, 0.2) is 60.8 Å². The molecule has 6 rings (SSSR count). The van der Waals surface area contributed by atoms with E-state index in [0.717, 1.165) is 35.7 Å². The molecule has 0 spiro atoms. The Bertz CT molecular complexity index is 1400. The fourth-order valence-electron chi connectivity index (χ4n) is 5.04. The summed E-state index contributed by atoms with van der Waals surface area (Å²) in [6.45, 7) is 2.79. The van der Waals surface area contributed by atoms with Gasteiger partial charge in [0.1, 0.15) is 5.69 Å². The largest absolute Gasteiger partial charge is 0.399 e. The molecule has 2 aliphatic rings. The lowest BCUT2D eigenvalue weighted by Crippen LogP contribution is -2.38.